The Kier molecular flexibility index (Phi) is 51.1. The molecular weight excluding hydrogens is 1100 g/mol. The second-order valence-corrected chi connectivity index (χ2v) is 23.2. The third kappa shape index (κ3) is 40.5. The Labute approximate surface area is 526 Å². The van der Waals surface area contributed by atoms with Crippen molar-refractivity contribution in [2.75, 3.05) is 19.8 Å². The number of hydrogen-bond donors (Lipinski definition) is 9. The van der Waals surface area contributed by atoms with Crippen LogP contribution in [0.2, 0.25) is 0 Å². The van der Waals surface area contributed by atoms with E-state index >= 15 is 0 Å². The lowest BCUT2D eigenvalue weighted by Crippen LogP contribution is -2.65. The Morgan fingerprint density at radius 3 is 1.26 bits per heavy atom. The summed E-state index contributed by atoms with van der Waals surface area (Å²) < 4.78 is 22.7. The van der Waals surface area contributed by atoms with Gasteiger partial charge in [-0.25, -0.2) is 0 Å². The summed E-state index contributed by atoms with van der Waals surface area (Å²) in [6.07, 6.45) is 66.7. The standard InChI is InChI=1S/C73H121NO13/c1-3-5-7-9-11-13-15-17-18-19-20-21-22-23-24-25-26-27-28-29-30-31-32-33-34-35-36-37-38-39-40-41-42-43-44-45-47-49-51-53-55-57-65(78)74-61(62(77)56-54-52-50-48-46-16-14-12-10-8-6-4-2)60-84-72-70(83)68(81)71(64(59-76)86-72)87-73-69(82)67(80)66(79)63(58-75)85-73/h5,7,10-13,17-18,20-21,23-24,26-27,29-30,32-33,46,48,54,56,61-64,66-73,75-77,79-83H,3-4,6,8-9,14-16,19,22,25,28,31,34-45,47,49-53,55,57-60H2,1-2H3,(H,74,78)/b7-5-,12-10+,13-11-,18-17-,21-20-,24-23-,27-26-,30-29-,33-32-,48-46+,56-54+. The Morgan fingerprint density at radius 1 is 0.425 bits per heavy atom. The number of rotatable bonds is 53. The van der Waals surface area contributed by atoms with Crippen LogP contribution in [-0.4, -0.2) is 140 Å². The van der Waals surface area contributed by atoms with Crippen LogP contribution in [-0.2, 0) is 23.7 Å². The summed E-state index contributed by atoms with van der Waals surface area (Å²) in [6.45, 7) is 2.59. The van der Waals surface area contributed by atoms with Crippen LogP contribution >= 0.6 is 0 Å². The average Bonchev–Trinajstić information content (AvgIpc) is 2.31. The van der Waals surface area contributed by atoms with Crippen molar-refractivity contribution in [2.24, 2.45) is 0 Å². The summed E-state index contributed by atoms with van der Waals surface area (Å²) in [5, 5.41) is 87.0. The maximum Gasteiger partial charge on any atom is 0.220 e. The molecule has 2 rings (SSSR count). The lowest BCUT2D eigenvalue weighted by Gasteiger charge is -2.46. The van der Waals surface area contributed by atoms with Gasteiger partial charge in [0.2, 0.25) is 5.91 Å². The number of allylic oxidation sites excluding steroid dienone is 21. The Bertz CT molecular complexity index is 1970. The predicted molar refractivity (Wildman–Crippen MR) is 355 cm³/mol. The highest BCUT2D eigenvalue weighted by Crippen LogP contribution is 2.30. The van der Waals surface area contributed by atoms with Crippen molar-refractivity contribution < 1.29 is 64.6 Å². The van der Waals surface area contributed by atoms with E-state index in [2.05, 4.69) is 141 Å². The molecule has 0 aromatic carbocycles. The number of aliphatic hydroxyl groups is 8. The predicted octanol–water partition coefficient (Wildman–Crippen LogP) is 13.5. The maximum absolute atomic E-state index is 13.3. The van der Waals surface area contributed by atoms with Crippen LogP contribution in [0.15, 0.2) is 134 Å². The molecule has 1 amide bonds. The smallest absolute Gasteiger partial charge is 0.220 e. The number of amides is 1. The average molecular weight is 1220 g/mol. The molecule has 0 radical (unpaired) electrons. The fraction of sp³-hybridized carbons (Fsp3) is 0.685. The van der Waals surface area contributed by atoms with E-state index in [1.807, 2.05) is 6.08 Å². The molecule has 0 bridgehead atoms. The van der Waals surface area contributed by atoms with E-state index < -0.39 is 86.8 Å². The van der Waals surface area contributed by atoms with E-state index in [0.29, 0.717) is 12.8 Å². The van der Waals surface area contributed by atoms with Gasteiger partial charge in [-0.3, -0.25) is 4.79 Å². The number of carbonyl (C=O) groups is 1. The molecule has 12 unspecified atom stereocenters. The van der Waals surface area contributed by atoms with Crippen LogP contribution in [0.5, 0.6) is 0 Å². The molecule has 2 fully saturated rings. The molecule has 0 aromatic rings. The normalized spacial score (nSPS) is 24.2. The number of nitrogens with one attached hydrogen (secondary N) is 1. The molecule has 496 valence electrons. The summed E-state index contributed by atoms with van der Waals surface area (Å²) >= 11 is 0. The van der Waals surface area contributed by atoms with Gasteiger partial charge in [-0.15, -0.1) is 0 Å². The van der Waals surface area contributed by atoms with Crippen LogP contribution in [0, 0.1) is 0 Å². The molecule has 14 nitrogen and oxygen atoms in total. The van der Waals surface area contributed by atoms with Crippen LogP contribution in [0.1, 0.15) is 226 Å². The second-order valence-electron chi connectivity index (χ2n) is 23.2. The van der Waals surface area contributed by atoms with Gasteiger partial charge in [-0.05, 0) is 103 Å². The first-order chi connectivity index (χ1) is 42.6. The van der Waals surface area contributed by atoms with Crippen LogP contribution in [0.4, 0.5) is 0 Å². The largest absolute Gasteiger partial charge is 0.394 e. The summed E-state index contributed by atoms with van der Waals surface area (Å²) in [7, 11) is 0. The van der Waals surface area contributed by atoms with Crippen molar-refractivity contribution in [3.63, 3.8) is 0 Å². The van der Waals surface area contributed by atoms with E-state index in [0.717, 1.165) is 96.3 Å². The molecule has 87 heavy (non-hydrogen) atoms. The molecule has 2 aliphatic heterocycles. The number of carbonyl (C=O) groups excluding carboxylic acids is 1. The topological polar surface area (TPSA) is 228 Å². The van der Waals surface area contributed by atoms with Crippen molar-refractivity contribution >= 4 is 5.91 Å². The highest BCUT2D eigenvalue weighted by molar-refractivity contribution is 5.76. The molecule has 2 saturated heterocycles. The summed E-state index contributed by atoms with van der Waals surface area (Å²) in [5.41, 5.74) is 0. The molecule has 0 saturated carbocycles. The zero-order valence-electron chi connectivity index (χ0n) is 53.7. The molecule has 2 heterocycles. The summed E-state index contributed by atoms with van der Waals surface area (Å²) in [5.74, 6) is -0.259. The molecule has 0 aliphatic carbocycles. The quantitative estimate of drug-likeness (QED) is 0.0204. The third-order valence-electron chi connectivity index (χ3n) is 15.5. The molecular formula is C73H121NO13. The summed E-state index contributed by atoms with van der Waals surface area (Å²) in [4.78, 5) is 13.3. The van der Waals surface area contributed by atoms with Gasteiger partial charge in [0.05, 0.1) is 32.0 Å². The van der Waals surface area contributed by atoms with Gasteiger partial charge in [0.15, 0.2) is 12.6 Å². The summed E-state index contributed by atoms with van der Waals surface area (Å²) in [6, 6.07) is -0.944. The van der Waals surface area contributed by atoms with Crippen molar-refractivity contribution in [2.45, 2.75) is 299 Å². The lowest BCUT2D eigenvalue weighted by molar-refractivity contribution is -0.359. The Hall–Kier alpha value is -3.87. The first-order valence-corrected chi connectivity index (χ1v) is 33.9. The highest BCUT2D eigenvalue weighted by Gasteiger charge is 2.51. The first-order valence-electron chi connectivity index (χ1n) is 33.9. The number of hydrogen-bond acceptors (Lipinski definition) is 13. The van der Waals surface area contributed by atoms with E-state index in [4.69, 9.17) is 18.9 Å². The van der Waals surface area contributed by atoms with Gasteiger partial charge in [0.1, 0.15) is 48.8 Å². The van der Waals surface area contributed by atoms with Crippen LogP contribution in [0.3, 0.4) is 0 Å². The van der Waals surface area contributed by atoms with E-state index in [1.54, 1.807) is 6.08 Å². The minimum Gasteiger partial charge on any atom is -0.394 e. The first kappa shape index (κ1) is 79.2. The fourth-order valence-electron chi connectivity index (χ4n) is 10.1. The van der Waals surface area contributed by atoms with Crippen molar-refractivity contribution in [1.29, 1.82) is 0 Å². The zero-order chi connectivity index (χ0) is 63.1. The Morgan fingerprint density at radius 2 is 0.805 bits per heavy atom. The van der Waals surface area contributed by atoms with Crippen molar-refractivity contribution in [3.8, 4) is 0 Å². The van der Waals surface area contributed by atoms with E-state index in [-0.39, 0.29) is 18.9 Å². The minimum atomic E-state index is -1.80. The van der Waals surface area contributed by atoms with Gasteiger partial charge >= 0.3 is 0 Å². The number of aliphatic hydroxyl groups excluding tert-OH is 8. The molecule has 12 atom stereocenters. The maximum atomic E-state index is 13.3. The molecule has 14 heteroatoms. The van der Waals surface area contributed by atoms with E-state index in [9.17, 15) is 45.6 Å². The van der Waals surface area contributed by atoms with Crippen LogP contribution < -0.4 is 5.32 Å². The van der Waals surface area contributed by atoms with E-state index in [1.165, 1.54) is 96.3 Å². The van der Waals surface area contributed by atoms with Gasteiger partial charge in [-0.1, -0.05) is 250 Å². The third-order valence-corrected chi connectivity index (χ3v) is 15.5. The van der Waals surface area contributed by atoms with Crippen LogP contribution in [0.25, 0.3) is 0 Å². The zero-order valence-corrected chi connectivity index (χ0v) is 53.7. The van der Waals surface area contributed by atoms with Gasteiger partial charge in [0, 0.05) is 6.42 Å². The molecule has 2 aliphatic rings. The van der Waals surface area contributed by atoms with Gasteiger partial charge in [0.25, 0.3) is 0 Å². The second kappa shape index (κ2) is 56.1. The van der Waals surface area contributed by atoms with Gasteiger partial charge < -0.3 is 65.1 Å². The fourth-order valence-corrected chi connectivity index (χ4v) is 10.1. The van der Waals surface area contributed by atoms with Gasteiger partial charge in [-0.2, -0.15) is 0 Å². The SMILES string of the molecule is CC/C=C\C/C=C\C/C=C\C/C=C\C/C=C\C/C=C\C/C=C\C/C=C\CCCCCCCCCCCCCCCCCCC(=O)NC(COC1OC(CO)C(OC2OC(CO)C(O)C(O)C2O)C(O)C1O)C(O)/C=C/CC/C=C/CC/C=C/CCCC. The van der Waals surface area contributed by atoms with Crippen molar-refractivity contribution in [1.82, 2.24) is 5.32 Å². The number of ether oxygens (including phenoxy) is 4. The molecule has 0 aromatic heterocycles. The molecule has 0 spiro atoms. The van der Waals surface area contributed by atoms with Crippen molar-refractivity contribution in [3.05, 3.63) is 134 Å². The Balaban J connectivity index is 1.57. The lowest BCUT2D eigenvalue weighted by atomic mass is 9.97. The monoisotopic (exact) mass is 1220 g/mol. The minimum absolute atomic E-state index is 0.259. The highest BCUT2D eigenvalue weighted by atomic mass is 16.7. The molecule has 9 N–H and O–H groups in total. The number of unbranched alkanes of at least 4 members (excludes halogenated alkanes) is 20.